The summed E-state index contributed by atoms with van der Waals surface area (Å²) in [5, 5.41) is 1.38. The van der Waals surface area contributed by atoms with Crippen molar-refractivity contribution < 1.29 is 0 Å². The standard InChI is InChI=1S/C17H25N3/c1-14-15-6-3-4-7-17(15)18-16(14)8-5-9-20-12-10-19(2)11-13-20/h3-4,6-7,18H,5,8-13H2,1-2H3. The zero-order valence-electron chi connectivity index (χ0n) is 12.7. The van der Waals surface area contributed by atoms with E-state index in [4.69, 9.17) is 0 Å². The molecule has 0 saturated carbocycles. The quantitative estimate of drug-likeness (QED) is 0.923. The molecule has 1 fully saturated rings. The molecule has 0 aliphatic carbocycles. The van der Waals surface area contributed by atoms with Gasteiger partial charge in [-0.1, -0.05) is 18.2 Å². The number of fused-ring (bicyclic) bond motifs is 1. The average molecular weight is 271 g/mol. The molecule has 0 atom stereocenters. The molecule has 0 amide bonds. The van der Waals surface area contributed by atoms with Gasteiger partial charge in [-0.3, -0.25) is 0 Å². The Morgan fingerprint density at radius 1 is 1.10 bits per heavy atom. The predicted octanol–water partition coefficient (Wildman–Crippen LogP) is 2.66. The van der Waals surface area contributed by atoms with Gasteiger partial charge in [0, 0.05) is 42.8 Å². The number of para-hydroxylation sites is 1. The molecule has 108 valence electrons. The van der Waals surface area contributed by atoms with E-state index in [9.17, 15) is 0 Å². The molecule has 1 aromatic heterocycles. The number of aryl methyl sites for hydroxylation is 2. The third kappa shape index (κ3) is 2.89. The summed E-state index contributed by atoms with van der Waals surface area (Å²) in [5.41, 5.74) is 4.12. The molecule has 20 heavy (non-hydrogen) atoms. The van der Waals surface area contributed by atoms with Crippen LogP contribution in [0.5, 0.6) is 0 Å². The molecule has 0 radical (unpaired) electrons. The average Bonchev–Trinajstić information content (AvgIpc) is 2.78. The number of aromatic amines is 1. The lowest BCUT2D eigenvalue weighted by Crippen LogP contribution is -2.44. The first kappa shape index (κ1) is 13.7. The van der Waals surface area contributed by atoms with Crippen molar-refractivity contribution in [3.8, 4) is 0 Å². The molecule has 3 rings (SSSR count). The van der Waals surface area contributed by atoms with E-state index in [1.165, 1.54) is 61.3 Å². The minimum atomic E-state index is 1.16. The second kappa shape index (κ2) is 5.98. The van der Waals surface area contributed by atoms with Gasteiger partial charge in [0.25, 0.3) is 0 Å². The maximum absolute atomic E-state index is 3.58. The summed E-state index contributed by atoms with van der Waals surface area (Å²) >= 11 is 0. The first-order chi connectivity index (χ1) is 9.74. The minimum absolute atomic E-state index is 1.16. The molecule has 3 heteroatoms. The Balaban J connectivity index is 1.56. The third-order valence-corrected chi connectivity index (χ3v) is 4.57. The number of hydrogen-bond donors (Lipinski definition) is 1. The summed E-state index contributed by atoms with van der Waals surface area (Å²) in [6.45, 7) is 8.34. The Kier molecular flexibility index (Phi) is 4.08. The first-order valence-electron chi connectivity index (χ1n) is 7.71. The van der Waals surface area contributed by atoms with Crippen LogP contribution in [0.2, 0.25) is 0 Å². The lowest BCUT2D eigenvalue weighted by Gasteiger charge is -2.32. The number of nitrogens with zero attached hydrogens (tertiary/aromatic N) is 2. The van der Waals surface area contributed by atoms with Crippen LogP contribution in [0.1, 0.15) is 17.7 Å². The number of likely N-dealkylation sites (N-methyl/N-ethyl adjacent to an activating group) is 1. The SMILES string of the molecule is Cc1c(CCCN2CCN(C)CC2)[nH]c2ccccc12. The summed E-state index contributed by atoms with van der Waals surface area (Å²) in [6.07, 6.45) is 2.41. The molecular formula is C17H25N3. The summed E-state index contributed by atoms with van der Waals surface area (Å²) < 4.78 is 0. The van der Waals surface area contributed by atoms with Gasteiger partial charge in [-0.25, -0.2) is 0 Å². The Morgan fingerprint density at radius 3 is 2.60 bits per heavy atom. The predicted molar refractivity (Wildman–Crippen MR) is 85.3 cm³/mol. The molecule has 0 spiro atoms. The zero-order chi connectivity index (χ0) is 13.9. The molecule has 2 heterocycles. The lowest BCUT2D eigenvalue weighted by molar-refractivity contribution is 0.153. The van der Waals surface area contributed by atoms with Crippen LogP contribution in [0, 0.1) is 6.92 Å². The van der Waals surface area contributed by atoms with Gasteiger partial charge in [0.15, 0.2) is 0 Å². The highest BCUT2D eigenvalue weighted by molar-refractivity contribution is 5.84. The van der Waals surface area contributed by atoms with Crippen molar-refractivity contribution in [2.24, 2.45) is 0 Å². The summed E-state index contributed by atoms with van der Waals surface area (Å²) in [4.78, 5) is 8.59. The van der Waals surface area contributed by atoms with Gasteiger partial charge in [0.05, 0.1) is 0 Å². The maximum atomic E-state index is 3.58. The molecule has 0 bridgehead atoms. The number of benzene rings is 1. The van der Waals surface area contributed by atoms with E-state index >= 15 is 0 Å². The molecule has 1 N–H and O–H groups in total. The van der Waals surface area contributed by atoms with Crippen molar-refractivity contribution in [3.05, 3.63) is 35.5 Å². The van der Waals surface area contributed by atoms with E-state index in [0.29, 0.717) is 0 Å². The first-order valence-corrected chi connectivity index (χ1v) is 7.71. The van der Waals surface area contributed by atoms with Crippen LogP contribution in [0.4, 0.5) is 0 Å². The number of piperazine rings is 1. The van der Waals surface area contributed by atoms with Gasteiger partial charge in [-0.2, -0.15) is 0 Å². The van der Waals surface area contributed by atoms with Gasteiger partial charge in [-0.05, 0) is 45.0 Å². The van der Waals surface area contributed by atoms with Crippen molar-refractivity contribution in [2.75, 3.05) is 39.8 Å². The van der Waals surface area contributed by atoms with E-state index in [1.54, 1.807) is 0 Å². The smallest absolute Gasteiger partial charge is 0.0458 e. The molecule has 1 aliphatic rings. The fourth-order valence-electron chi connectivity index (χ4n) is 3.14. The van der Waals surface area contributed by atoms with Crippen molar-refractivity contribution >= 4 is 10.9 Å². The van der Waals surface area contributed by atoms with Crippen molar-refractivity contribution in [1.29, 1.82) is 0 Å². The van der Waals surface area contributed by atoms with Crippen LogP contribution >= 0.6 is 0 Å². The number of nitrogens with one attached hydrogen (secondary N) is 1. The van der Waals surface area contributed by atoms with Gasteiger partial charge in [0.2, 0.25) is 0 Å². The van der Waals surface area contributed by atoms with Crippen LogP contribution in [-0.2, 0) is 6.42 Å². The number of rotatable bonds is 4. The highest BCUT2D eigenvalue weighted by Crippen LogP contribution is 2.22. The van der Waals surface area contributed by atoms with Gasteiger partial charge in [0.1, 0.15) is 0 Å². The normalized spacial score (nSPS) is 17.9. The van der Waals surface area contributed by atoms with Crippen molar-refractivity contribution in [3.63, 3.8) is 0 Å². The van der Waals surface area contributed by atoms with E-state index in [1.807, 2.05) is 0 Å². The van der Waals surface area contributed by atoms with E-state index in [0.717, 1.165) is 6.42 Å². The highest BCUT2D eigenvalue weighted by Gasteiger charge is 2.13. The van der Waals surface area contributed by atoms with Crippen LogP contribution in [0.25, 0.3) is 10.9 Å². The monoisotopic (exact) mass is 271 g/mol. The van der Waals surface area contributed by atoms with Gasteiger partial charge in [-0.15, -0.1) is 0 Å². The van der Waals surface area contributed by atoms with Crippen LogP contribution in [0.15, 0.2) is 24.3 Å². The number of aromatic nitrogens is 1. The highest BCUT2D eigenvalue weighted by atomic mass is 15.2. The summed E-state index contributed by atoms with van der Waals surface area (Å²) in [5.74, 6) is 0. The molecule has 2 aromatic rings. The summed E-state index contributed by atoms with van der Waals surface area (Å²) in [7, 11) is 2.21. The van der Waals surface area contributed by atoms with Crippen molar-refractivity contribution in [1.82, 2.24) is 14.8 Å². The minimum Gasteiger partial charge on any atom is -0.358 e. The second-order valence-electron chi connectivity index (χ2n) is 6.02. The van der Waals surface area contributed by atoms with E-state index in [2.05, 4.69) is 53.0 Å². The Labute approximate surface area is 121 Å². The molecule has 3 nitrogen and oxygen atoms in total. The molecule has 0 unspecified atom stereocenters. The molecular weight excluding hydrogens is 246 g/mol. The molecule has 1 aromatic carbocycles. The van der Waals surface area contributed by atoms with E-state index < -0.39 is 0 Å². The number of H-pyrrole nitrogens is 1. The Bertz CT molecular complexity index is 565. The van der Waals surface area contributed by atoms with Crippen molar-refractivity contribution in [2.45, 2.75) is 19.8 Å². The Morgan fingerprint density at radius 2 is 1.85 bits per heavy atom. The van der Waals surface area contributed by atoms with Gasteiger partial charge < -0.3 is 14.8 Å². The second-order valence-corrected chi connectivity index (χ2v) is 6.02. The summed E-state index contributed by atoms with van der Waals surface area (Å²) in [6, 6.07) is 8.61. The Hall–Kier alpha value is -1.32. The van der Waals surface area contributed by atoms with Crippen LogP contribution in [-0.4, -0.2) is 54.6 Å². The maximum Gasteiger partial charge on any atom is 0.0458 e. The zero-order valence-corrected chi connectivity index (χ0v) is 12.7. The number of hydrogen-bond acceptors (Lipinski definition) is 2. The molecule has 1 saturated heterocycles. The topological polar surface area (TPSA) is 22.3 Å². The largest absolute Gasteiger partial charge is 0.358 e. The lowest BCUT2D eigenvalue weighted by atomic mass is 10.1. The fourth-order valence-corrected chi connectivity index (χ4v) is 3.14. The van der Waals surface area contributed by atoms with Crippen LogP contribution in [0.3, 0.4) is 0 Å². The van der Waals surface area contributed by atoms with Gasteiger partial charge >= 0.3 is 0 Å². The third-order valence-electron chi connectivity index (χ3n) is 4.57. The molecule has 1 aliphatic heterocycles. The van der Waals surface area contributed by atoms with Crippen LogP contribution < -0.4 is 0 Å². The fraction of sp³-hybridized carbons (Fsp3) is 0.529. The van der Waals surface area contributed by atoms with E-state index in [-0.39, 0.29) is 0 Å².